The number of non-ortho nitro benzene ring substituents is 1. The Balaban J connectivity index is 1.95. The van der Waals surface area contributed by atoms with Crippen molar-refractivity contribution < 1.29 is 24.4 Å². The molecule has 0 aromatic heterocycles. The third-order valence-electron chi connectivity index (χ3n) is 3.70. The Kier molecular flexibility index (Phi) is 6.30. The molecular formula is C18H11BrN2O6S2. The van der Waals surface area contributed by atoms with Crippen LogP contribution < -0.4 is 9.64 Å². The van der Waals surface area contributed by atoms with Crippen LogP contribution in [0.4, 0.5) is 11.4 Å². The summed E-state index contributed by atoms with van der Waals surface area (Å²) in [4.78, 5) is 35.6. The van der Waals surface area contributed by atoms with Crippen LogP contribution in [-0.2, 0) is 9.59 Å². The summed E-state index contributed by atoms with van der Waals surface area (Å²) in [5.74, 6) is -1.28. The molecule has 29 heavy (non-hydrogen) atoms. The molecule has 1 aliphatic rings. The first-order valence-corrected chi connectivity index (χ1v) is 9.94. The van der Waals surface area contributed by atoms with Crippen molar-refractivity contribution in [2.45, 2.75) is 0 Å². The van der Waals surface area contributed by atoms with Crippen LogP contribution in [0.15, 0.2) is 51.8 Å². The first kappa shape index (κ1) is 21.0. The van der Waals surface area contributed by atoms with Crippen molar-refractivity contribution >= 4 is 73.6 Å². The standard InChI is InChI=1S/C18H11BrN2O6S2/c19-11-4-5-14(27-9-16(22)23)10(6-11)7-15-17(24)20(18(28)29-15)12-2-1-3-13(8-12)21(25)26/h1-8H,9H2,(H,22,23)/b15-7-. The van der Waals surface area contributed by atoms with Gasteiger partial charge in [0.05, 0.1) is 15.5 Å². The number of hydrogen-bond acceptors (Lipinski definition) is 7. The molecule has 1 N–H and O–H groups in total. The minimum Gasteiger partial charge on any atom is -0.481 e. The van der Waals surface area contributed by atoms with Crippen LogP contribution in [0.1, 0.15) is 5.56 Å². The highest BCUT2D eigenvalue weighted by Gasteiger charge is 2.34. The Morgan fingerprint density at radius 3 is 2.79 bits per heavy atom. The van der Waals surface area contributed by atoms with E-state index in [2.05, 4.69) is 15.9 Å². The number of amides is 1. The second-order valence-corrected chi connectivity index (χ2v) is 8.25. The Bertz CT molecular complexity index is 1070. The number of carbonyl (C=O) groups is 2. The number of nitrogens with zero attached hydrogens (tertiary/aromatic N) is 2. The van der Waals surface area contributed by atoms with Crippen LogP contribution in [-0.4, -0.2) is 32.8 Å². The molecule has 8 nitrogen and oxygen atoms in total. The molecule has 0 saturated carbocycles. The Morgan fingerprint density at radius 1 is 1.34 bits per heavy atom. The van der Waals surface area contributed by atoms with Crippen molar-refractivity contribution in [3.05, 3.63) is 67.5 Å². The van der Waals surface area contributed by atoms with Gasteiger partial charge in [-0.1, -0.05) is 46.0 Å². The molecule has 0 spiro atoms. The van der Waals surface area contributed by atoms with Gasteiger partial charge < -0.3 is 9.84 Å². The fraction of sp³-hybridized carbons (Fsp3) is 0.0556. The maximum Gasteiger partial charge on any atom is 0.341 e. The number of ether oxygens (including phenoxy) is 1. The number of anilines is 1. The Hall–Kier alpha value is -2.76. The molecule has 3 rings (SSSR count). The molecule has 1 saturated heterocycles. The lowest BCUT2D eigenvalue weighted by Crippen LogP contribution is -2.27. The lowest BCUT2D eigenvalue weighted by atomic mass is 10.2. The normalized spacial score (nSPS) is 15.1. The first-order chi connectivity index (χ1) is 13.8. The average molecular weight is 495 g/mol. The van der Waals surface area contributed by atoms with Crippen molar-refractivity contribution in [2.75, 3.05) is 11.5 Å². The molecule has 0 bridgehead atoms. The number of aliphatic carboxylic acids is 1. The Labute approximate surface area is 182 Å². The largest absolute Gasteiger partial charge is 0.481 e. The molecule has 1 aliphatic heterocycles. The van der Waals surface area contributed by atoms with E-state index in [1.807, 2.05) is 0 Å². The summed E-state index contributed by atoms with van der Waals surface area (Å²) in [5.41, 5.74) is 0.624. The monoisotopic (exact) mass is 494 g/mol. The van der Waals surface area contributed by atoms with Gasteiger partial charge in [0.1, 0.15) is 5.75 Å². The number of thiocarbonyl (C=S) groups is 1. The minimum atomic E-state index is -1.13. The summed E-state index contributed by atoms with van der Waals surface area (Å²) in [6.45, 7) is -0.531. The molecule has 0 unspecified atom stereocenters. The summed E-state index contributed by atoms with van der Waals surface area (Å²) in [6, 6.07) is 10.6. The highest BCUT2D eigenvalue weighted by molar-refractivity contribution is 9.10. The third-order valence-corrected chi connectivity index (χ3v) is 5.50. The zero-order valence-electron chi connectivity index (χ0n) is 14.4. The van der Waals surface area contributed by atoms with Gasteiger partial charge in [0.25, 0.3) is 11.6 Å². The van der Waals surface area contributed by atoms with E-state index >= 15 is 0 Å². The molecule has 2 aromatic rings. The first-order valence-electron chi connectivity index (χ1n) is 7.93. The van der Waals surface area contributed by atoms with E-state index in [1.54, 1.807) is 30.3 Å². The summed E-state index contributed by atoms with van der Waals surface area (Å²) < 4.78 is 6.21. The number of carbonyl (C=O) groups excluding carboxylic acids is 1. The van der Waals surface area contributed by atoms with Crippen LogP contribution in [0.25, 0.3) is 6.08 Å². The number of rotatable bonds is 6. The molecule has 0 atom stereocenters. The second kappa shape index (κ2) is 8.72. The van der Waals surface area contributed by atoms with Crippen molar-refractivity contribution in [2.24, 2.45) is 0 Å². The van der Waals surface area contributed by atoms with Gasteiger partial charge in [-0.05, 0) is 30.3 Å². The van der Waals surface area contributed by atoms with E-state index in [0.717, 1.165) is 11.8 Å². The van der Waals surface area contributed by atoms with E-state index in [-0.39, 0.29) is 20.7 Å². The predicted molar refractivity (Wildman–Crippen MR) is 116 cm³/mol. The second-order valence-electron chi connectivity index (χ2n) is 5.66. The summed E-state index contributed by atoms with van der Waals surface area (Å²) >= 11 is 9.65. The fourth-order valence-corrected chi connectivity index (χ4v) is 4.15. The molecule has 0 radical (unpaired) electrons. The topological polar surface area (TPSA) is 110 Å². The van der Waals surface area contributed by atoms with E-state index in [1.165, 1.54) is 23.1 Å². The molecule has 11 heteroatoms. The van der Waals surface area contributed by atoms with Crippen molar-refractivity contribution in [1.29, 1.82) is 0 Å². The van der Waals surface area contributed by atoms with Crippen LogP contribution in [0.3, 0.4) is 0 Å². The minimum absolute atomic E-state index is 0.156. The van der Waals surface area contributed by atoms with Gasteiger partial charge >= 0.3 is 5.97 Å². The molecule has 1 amide bonds. The van der Waals surface area contributed by atoms with Crippen LogP contribution in [0.5, 0.6) is 5.75 Å². The summed E-state index contributed by atoms with van der Waals surface area (Å²) in [5, 5.41) is 19.8. The van der Waals surface area contributed by atoms with Crippen molar-refractivity contribution in [1.82, 2.24) is 0 Å². The lowest BCUT2D eigenvalue weighted by molar-refractivity contribution is -0.384. The number of nitro benzene ring substituents is 1. The molecular weight excluding hydrogens is 484 g/mol. The maximum atomic E-state index is 12.9. The number of nitro groups is 1. The molecule has 2 aromatic carbocycles. The zero-order chi connectivity index (χ0) is 21.1. The third kappa shape index (κ3) is 4.81. The molecule has 0 aliphatic carbocycles. The number of benzene rings is 2. The van der Waals surface area contributed by atoms with Crippen LogP contribution in [0, 0.1) is 10.1 Å². The van der Waals surface area contributed by atoms with Gasteiger partial charge in [-0.25, -0.2) is 4.79 Å². The van der Waals surface area contributed by atoms with Crippen LogP contribution in [0.2, 0.25) is 0 Å². The van der Waals surface area contributed by atoms with E-state index in [0.29, 0.717) is 15.7 Å². The summed E-state index contributed by atoms with van der Waals surface area (Å²) in [6.07, 6.45) is 1.54. The van der Waals surface area contributed by atoms with Gasteiger partial charge in [-0.2, -0.15) is 0 Å². The smallest absolute Gasteiger partial charge is 0.341 e. The van der Waals surface area contributed by atoms with Crippen molar-refractivity contribution in [3.63, 3.8) is 0 Å². The molecule has 1 fully saturated rings. The van der Waals surface area contributed by atoms with Gasteiger partial charge in [0.2, 0.25) is 0 Å². The molecule has 1 heterocycles. The average Bonchev–Trinajstić information content (AvgIpc) is 2.94. The van der Waals surface area contributed by atoms with Gasteiger partial charge in [-0.3, -0.25) is 19.8 Å². The fourth-order valence-electron chi connectivity index (χ4n) is 2.48. The van der Waals surface area contributed by atoms with Gasteiger partial charge in [-0.15, -0.1) is 0 Å². The lowest BCUT2D eigenvalue weighted by Gasteiger charge is -2.14. The number of carboxylic acids is 1. The summed E-state index contributed by atoms with van der Waals surface area (Å²) in [7, 11) is 0. The van der Waals surface area contributed by atoms with E-state index < -0.39 is 23.4 Å². The SMILES string of the molecule is O=C(O)COc1ccc(Br)cc1/C=C1\SC(=S)N(c2cccc([N+](=O)[O-])c2)C1=O. The number of halogens is 1. The van der Waals surface area contributed by atoms with Gasteiger partial charge in [0.15, 0.2) is 10.9 Å². The van der Waals surface area contributed by atoms with E-state index in [9.17, 15) is 19.7 Å². The highest BCUT2D eigenvalue weighted by atomic mass is 79.9. The number of hydrogen-bond donors (Lipinski definition) is 1. The van der Waals surface area contributed by atoms with Crippen molar-refractivity contribution in [3.8, 4) is 5.75 Å². The maximum absolute atomic E-state index is 12.9. The Morgan fingerprint density at radius 2 is 2.10 bits per heavy atom. The number of carboxylic acid groups (broad SMARTS) is 1. The molecule has 148 valence electrons. The highest BCUT2D eigenvalue weighted by Crippen LogP contribution is 2.38. The zero-order valence-corrected chi connectivity index (χ0v) is 17.6. The van der Waals surface area contributed by atoms with Gasteiger partial charge in [0, 0.05) is 22.2 Å². The van der Waals surface area contributed by atoms with Crippen LogP contribution >= 0.6 is 39.9 Å². The number of thioether (sulfide) groups is 1. The van der Waals surface area contributed by atoms with E-state index in [4.69, 9.17) is 22.1 Å². The predicted octanol–water partition coefficient (Wildman–Crippen LogP) is 4.23. The quantitative estimate of drug-likeness (QED) is 0.275.